The van der Waals surface area contributed by atoms with Crippen LogP contribution >= 0.6 is 22.7 Å². The molecule has 4 nitrogen and oxygen atoms in total. The lowest BCUT2D eigenvalue weighted by Gasteiger charge is -2.11. The van der Waals surface area contributed by atoms with Crippen molar-refractivity contribution in [2.75, 3.05) is 7.05 Å². The zero-order valence-electron chi connectivity index (χ0n) is 28.5. The van der Waals surface area contributed by atoms with Gasteiger partial charge in [-0.15, -0.1) is 22.7 Å². The number of thiazole rings is 2. The van der Waals surface area contributed by atoms with Crippen molar-refractivity contribution in [1.29, 1.82) is 0 Å². The van der Waals surface area contributed by atoms with Gasteiger partial charge < -0.3 is 4.57 Å². The summed E-state index contributed by atoms with van der Waals surface area (Å²) in [6, 6.07) is 52.9. The summed E-state index contributed by atoms with van der Waals surface area (Å²) in [6.45, 7) is 0. The van der Waals surface area contributed by atoms with Crippen LogP contribution in [-0.2, 0) is 7.05 Å². The third kappa shape index (κ3) is 4.41. The Morgan fingerprint density at radius 3 is 1.87 bits per heavy atom. The molecule has 246 valence electrons. The minimum absolute atomic E-state index is 0.0243. The molecule has 0 N–H and O–H groups in total. The van der Waals surface area contributed by atoms with Gasteiger partial charge in [0.25, 0.3) is 0 Å². The number of rotatable bonds is 4. The Morgan fingerprint density at radius 2 is 1.17 bits per heavy atom. The van der Waals surface area contributed by atoms with Crippen molar-refractivity contribution in [3.63, 3.8) is 0 Å². The summed E-state index contributed by atoms with van der Waals surface area (Å²) >= 11 is 3.57. The molecule has 7 aromatic carbocycles. The minimum atomic E-state index is 0.0243. The van der Waals surface area contributed by atoms with Crippen molar-refractivity contribution >= 4 is 87.0 Å². The molecule has 1 unspecified atom stereocenters. The van der Waals surface area contributed by atoms with Gasteiger partial charge in [0.1, 0.15) is 23.0 Å². The second-order valence-corrected chi connectivity index (χ2v) is 15.8. The average molecular weight is 704 g/mol. The second kappa shape index (κ2) is 11.3. The normalized spacial score (nSPS) is 14.5. The standard InChI is InChI=1S/C46H31N4S2/c1-49-37-25-31-13-5-3-11-29(31)23-33(37)41(45-47-35-15-7-9-17-39(35)51-45)43(49)27-19-21-28(22-20-27)44-42(46-48-36-16-8-10-18-40(36)52-46)34-24-30-12-4-6-14-32(30)26-38(34)50(44)2/h3-26,41H,1-2H3/q+1. The van der Waals surface area contributed by atoms with Crippen molar-refractivity contribution in [3.05, 3.63) is 162 Å². The Hall–Kier alpha value is -5.95. The SMILES string of the molecule is Cn1c(-c2ccc(C3=[N+](C)c4cc5ccccc5cc4C3c3nc4ccccc4s3)cc2)c(-c2nc3ccccc3s2)c2cc3ccccc3cc21. The first-order chi connectivity index (χ1) is 25.6. The van der Waals surface area contributed by atoms with Crippen molar-refractivity contribution in [3.8, 4) is 21.8 Å². The van der Waals surface area contributed by atoms with Crippen LogP contribution in [0.25, 0.3) is 74.7 Å². The molecule has 3 aromatic heterocycles. The quantitative estimate of drug-likeness (QED) is 0.171. The van der Waals surface area contributed by atoms with E-state index in [-0.39, 0.29) is 5.92 Å². The molecule has 0 spiro atoms. The number of hydrogen-bond acceptors (Lipinski definition) is 4. The maximum absolute atomic E-state index is 5.23. The van der Waals surface area contributed by atoms with Crippen LogP contribution in [0.3, 0.4) is 0 Å². The molecular weight excluding hydrogens is 673 g/mol. The number of hydrogen-bond donors (Lipinski definition) is 0. The van der Waals surface area contributed by atoms with E-state index in [1.54, 1.807) is 22.7 Å². The fourth-order valence-electron chi connectivity index (χ4n) is 8.32. The first-order valence-corrected chi connectivity index (χ1v) is 19.2. The van der Waals surface area contributed by atoms with Gasteiger partial charge in [-0.25, -0.2) is 9.97 Å². The number of fused-ring (bicyclic) bond motifs is 6. The van der Waals surface area contributed by atoms with E-state index in [4.69, 9.17) is 9.97 Å². The molecule has 52 heavy (non-hydrogen) atoms. The summed E-state index contributed by atoms with van der Waals surface area (Å²) in [5.41, 5.74) is 11.8. The fourth-order valence-corrected chi connectivity index (χ4v) is 10.4. The average Bonchev–Trinajstić information content (AvgIpc) is 3.94. The van der Waals surface area contributed by atoms with Crippen molar-refractivity contribution in [2.24, 2.45) is 7.05 Å². The number of nitrogens with zero attached hydrogens (tertiary/aromatic N) is 4. The summed E-state index contributed by atoms with van der Waals surface area (Å²) in [5.74, 6) is 0.0243. The van der Waals surface area contributed by atoms with E-state index in [0.29, 0.717) is 0 Å². The first-order valence-electron chi connectivity index (χ1n) is 17.6. The Bertz CT molecular complexity index is 3040. The molecule has 0 bridgehead atoms. The topological polar surface area (TPSA) is 33.7 Å². The predicted octanol–water partition coefficient (Wildman–Crippen LogP) is 11.9. The van der Waals surface area contributed by atoms with Crippen molar-refractivity contribution < 1.29 is 4.58 Å². The molecule has 4 heterocycles. The van der Waals surface area contributed by atoms with Crippen LogP contribution in [0, 0.1) is 0 Å². The summed E-state index contributed by atoms with van der Waals surface area (Å²) in [5, 5.41) is 8.37. The molecular formula is C46H31N4S2+. The van der Waals surface area contributed by atoms with E-state index in [1.165, 1.54) is 81.2 Å². The second-order valence-electron chi connectivity index (χ2n) is 13.7. The molecule has 0 aliphatic carbocycles. The molecule has 0 saturated carbocycles. The highest BCUT2D eigenvalue weighted by Gasteiger charge is 2.41. The monoisotopic (exact) mass is 703 g/mol. The van der Waals surface area contributed by atoms with E-state index in [2.05, 4.69) is 169 Å². The predicted molar refractivity (Wildman–Crippen MR) is 220 cm³/mol. The van der Waals surface area contributed by atoms with Gasteiger partial charge in [0.2, 0.25) is 11.4 Å². The zero-order chi connectivity index (χ0) is 34.5. The third-order valence-electron chi connectivity index (χ3n) is 10.8. The van der Waals surface area contributed by atoms with Gasteiger partial charge in [-0.2, -0.15) is 4.58 Å². The lowest BCUT2D eigenvalue weighted by molar-refractivity contribution is -0.401. The van der Waals surface area contributed by atoms with Crippen LogP contribution in [-0.4, -0.2) is 31.9 Å². The molecule has 1 aliphatic heterocycles. The maximum Gasteiger partial charge on any atom is 0.210 e. The molecule has 0 radical (unpaired) electrons. The Labute approximate surface area is 308 Å². The molecule has 0 fully saturated rings. The molecule has 0 saturated heterocycles. The highest BCUT2D eigenvalue weighted by molar-refractivity contribution is 7.21. The number of aryl methyl sites for hydroxylation is 1. The van der Waals surface area contributed by atoms with Crippen LogP contribution in [0.4, 0.5) is 5.69 Å². The summed E-state index contributed by atoms with van der Waals surface area (Å²) in [7, 11) is 4.41. The Morgan fingerprint density at radius 1 is 0.596 bits per heavy atom. The van der Waals surface area contributed by atoms with E-state index in [1.807, 2.05) is 0 Å². The van der Waals surface area contributed by atoms with Gasteiger partial charge in [0.15, 0.2) is 0 Å². The van der Waals surface area contributed by atoms with Gasteiger partial charge in [-0.3, -0.25) is 0 Å². The lowest BCUT2D eigenvalue weighted by Crippen LogP contribution is -2.17. The van der Waals surface area contributed by atoms with E-state index < -0.39 is 0 Å². The Kier molecular flexibility index (Phi) is 6.45. The van der Waals surface area contributed by atoms with E-state index in [0.717, 1.165) is 21.0 Å². The smallest absolute Gasteiger partial charge is 0.210 e. The minimum Gasteiger partial charge on any atom is -0.343 e. The van der Waals surface area contributed by atoms with Crippen molar-refractivity contribution in [2.45, 2.75) is 5.92 Å². The van der Waals surface area contributed by atoms with Crippen LogP contribution in [0.1, 0.15) is 22.1 Å². The van der Waals surface area contributed by atoms with Gasteiger partial charge in [0, 0.05) is 40.7 Å². The summed E-state index contributed by atoms with van der Waals surface area (Å²) in [6.07, 6.45) is 0. The molecule has 1 atom stereocenters. The maximum atomic E-state index is 5.23. The highest BCUT2D eigenvalue weighted by atomic mass is 32.1. The first kappa shape index (κ1) is 29.7. The molecule has 1 aliphatic rings. The largest absolute Gasteiger partial charge is 0.343 e. The van der Waals surface area contributed by atoms with Gasteiger partial charge >= 0.3 is 0 Å². The number of benzene rings is 7. The van der Waals surface area contributed by atoms with E-state index >= 15 is 0 Å². The van der Waals surface area contributed by atoms with Crippen LogP contribution < -0.4 is 0 Å². The summed E-state index contributed by atoms with van der Waals surface area (Å²) in [4.78, 5) is 10.4. The molecule has 0 amide bonds. The summed E-state index contributed by atoms with van der Waals surface area (Å²) < 4.78 is 7.17. The van der Waals surface area contributed by atoms with Gasteiger partial charge in [0.05, 0.1) is 26.1 Å². The molecule has 10 aromatic rings. The van der Waals surface area contributed by atoms with Gasteiger partial charge in [-0.1, -0.05) is 84.9 Å². The third-order valence-corrected chi connectivity index (χ3v) is 12.9. The van der Waals surface area contributed by atoms with Crippen molar-refractivity contribution in [1.82, 2.24) is 14.5 Å². The molecule has 11 rings (SSSR count). The zero-order valence-corrected chi connectivity index (χ0v) is 30.2. The number of aromatic nitrogens is 3. The fraction of sp³-hybridized carbons (Fsp3) is 0.0652. The van der Waals surface area contributed by atoms with Crippen LogP contribution in [0.5, 0.6) is 0 Å². The number of para-hydroxylation sites is 2. The Balaban J connectivity index is 1.10. The van der Waals surface area contributed by atoms with E-state index in [9.17, 15) is 0 Å². The highest BCUT2D eigenvalue weighted by Crippen LogP contribution is 2.47. The molecule has 6 heteroatoms. The lowest BCUT2D eigenvalue weighted by atomic mass is 9.90. The van der Waals surface area contributed by atoms with Crippen LogP contribution in [0.15, 0.2) is 146 Å². The van der Waals surface area contributed by atoms with Gasteiger partial charge in [-0.05, 0) is 81.7 Å². The van der Waals surface area contributed by atoms with Crippen LogP contribution in [0.2, 0.25) is 0 Å².